The van der Waals surface area contributed by atoms with Crippen LogP contribution in [0.1, 0.15) is 32.7 Å². The van der Waals surface area contributed by atoms with E-state index in [-0.39, 0.29) is 5.75 Å². The summed E-state index contributed by atoms with van der Waals surface area (Å²) in [6, 6.07) is 0.302. The van der Waals surface area contributed by atoms with E-state index >= 15 is 0 Å². The zero-order valence-electron chi connectivity index (χ0n) is 9.91. The van der Waals surface area contributed by atoms with Crippen LogP contribution in [0.25, 0.3) is 0 Å². The molecule has 3 atom stereocenters. The Bertz CT molecular complexity index is 409. The second-order valence-electron chi connectivity index (χ2n) is 4.57. The highest BCUT2D eigenvalue weighted by Gasteiger charge is 2.33. The number of hydrogen-bond acceptors (Lipinski definition) is 5. The van der Waals surface area contributed by atoms with Gasteiger partial charge in [-0.15, -0.1) is 5.10 Å². The van der Waals surface area contributed by atoms with Crippen molar-refractivity contribution in [1.29, 1.82) is 0 Å². The van der Waals surface area contributed by atoms with Crippen LogP contribution in [0.15, 0.2) is 5.16 Å². The SMILES string of the molecule is CC1CCC(n2nnnc2SCC(=O)O)C1C. The molecule has 1 aromatic heterocycles. The second-order valence-corrected chi connectivity index (χ2v) is 5.51. The number of aliphatic carboxylic acids is 1. The van der Waals surface area contributed by atoms with Gasteiger partial charge in [-0.05, 0) is 35.1 Å². The highest BCUT2D eigenvalue weighted by molar-refractivity contribution is 7.99. The molecule has 0 aromatic carbocycles. The summed E-state index contributed by atoms with van der Waals surface area (Å²) in [5.41, 5.74) is 0. The molecule has 0 spiro atoms. The number of nitrogens with zero attached hydrogens (tertiary/aromatic N) is 4. The summed E-state index contributed by atoms with van der Waals surface area (Å²) in [5, 5.41) is 20.8. The molecule has 7 heteroatoms. The molecule has 0 saturated heterocycles. The van der Waals surface area contributed by atoms with Gasteiger partial charge in [-0.1, -0.05) is 25.6 Å². The number of thioether (sulfide) groups is 1. The van der Waals surface area contributed by atoms with E-state index in [0.29, 0.717) is 23.0 Å². The monoisotopic (exact) mass is 256 g/mol. The van der Waals surface area contributed by atoms with Gasteiger partial charge in [0.1, 0.15) is 0 Å². The fourth-order valence-electron chi connectivity index (χ4n) is 2.30. The molecule has 3 unspecified atom stereocenters. The normalized spacial score (nSPS) is 28.5. The summed E-state index contributed by atoms with van der Waals surface area (Å²) in [6.07, 6.45) is 2.24. The van der Waals surface area contributed by atoms with Crippen LogP contribution in [-0.2, 0) is 4.79 Å². The van der Waals surface area contributed by atoms with Crippen LogP contribution in [0.4, 0.5) is 0 Å². The van der Waals surface area contributed by atoms with Crippen molar-refractivity contribution in [2.45, 2.75) is 37.9 Å². The third-order valence-corrected chi connectivity index (χ3v) is 4.44. The van der Waals surface area contributed by atoms with E-state index < -0.39 is 5.97 Å². The van der Waals surface area contributed by atoms with Crippen LogP contribution < -0.4 is 0 Å². The third-order valence-electron chi connectivity index (χ3n) is 3.52. The number of hydrogen-bond donors (Lipinski definition) is 1. The molecule has 17 heavy (non-hydrogen) atoms. The van der Waals surface area contributed by atoms with E-state index in [4.69, 9.17) is 5.11 Å². The number of rotatable bonds is 4. The van der Waals surface area contributed by atoms with Crippen LogP contribution in [0, 0.1) is 11.8 Å². The Kier molecular flexibility index (Phi) is 3.66. The maximum atomic E-state index is 10.5. The first-order valence-corrected chi connectivity index (χ1v) is 6.70. The Morgan fingerprint density at radius 3 is 2.88 bits per heavy atom. The Morgan fingerprint density at radius 1 is 1.53 bits per heavy atom. The van der Waals surface area contributed by atoms with Gasteiger partial charge in [-0.2, -0.15) is 0 Å². The highest BCUT2D eigenvalue weighted by atomic mass is 32.2. The molecular formula is C10H16N4O2S. The van der Waals surface area contributed by atoms with Crippen molar-refractivity contribution >= 4 is 17.7 Å². The fourth-order valence-corrected chi connectivity index (χ4v) is 2.95. The summed E-state index contributed by atoms with van der Waals surface area (Å²) in [5.74, 6) is 0.346. The molecule has 1 N–H and O–H groups in total. The minimum Gasteiger partial charge on any atom is -0.481 e. The minimum absolute atomic E-state index is 0.00295. The lowest BCUT2D eigenvalue weighted by Gasteiger charge is -2.18. The lowest BCUT2D eigenvalue weighted by Crippen LogP contribution is -2.17. The maximum Gasteiger partial charge on any atom is 0.313 e. The molecule has 1 saturated carbocycles. The Labute approximate surface area is 104 Å². The molecule has 1 aliphatic carbocycles. The van der Waals surface area contributed by atoms with E-state index in [9.17, 15) is 4.79 Å². The predicted octanol–water partition coefficient (Wildman–Crippen LogP) is 1.46. The summed E-state index contributed by atoms with van der Waals surface area (Å²) >= 11 is 1.18. The number of carbonyl (C=O) groups is 1. The van der Waals surface area contributed by atoms with Gasteiger partial charge in [-0.3, -0.25) is 4.79 Å². The van der Waals surface area contributed by atoms with Crippen molar-refractivity contribution in [3.05, 3.63) is 0 Å². The van der Waals surface area contributed by atoms with Crippen LogP contribution in [-0.4, -0.2) is 37.0 Å². The molecule has 1 fully saturated rings. The van der Waals surface area contributed by atoms with Crippen molar-refractivity contribution in [1.82, 2.24) is 20.2 Å². The second kappa shape index (κ2) is 5.03. The van der Waals surface area contributed by atoms with E-state index in [2.05, 4.69) is 29.4 Å². The van der Waals surface area contributed by atoms with Gasteiger partial charge in [0.05, 0.1) is 11.8 Å². The molecule has 1 aromatic rings. The number of aromatic nitrogens is 4. The summed E-state index contributed by atoms with van der Waals surface area (Å²) in [6.45, 7) is 4.44. The molecule has 0 bridgehead atoms. The molecule has 0 aliphatic heterocycles. The lowest BCUT2D eigenvalue weighted by atomic mass is 9.98. The first-order valence-electron chi connectivity index (χ1n) is 5.72. The summed E-state index contributed by atoms with van der Waals surface area (Å²) < 4.78 is 1.79. The van der Waals surface area contributed by atoms with Gasteiger partial charge in [0.2, 0.25) is 5.16 Å². The molecule has 0 radical (unpaired) electrons. The molecule has 94 valence electrons. The Hall–Kier alpha value is -1.11. The molecule has 6 nitrogen and oxygen atoms in total. The topological polar surface area (TPSA) is 80.9 Å². The van der Waals surface area contributed by atoms with E-state index in [1.165, 1.54) is 18.2 Å². The molecule has 2 rings (SSSR count). The van der Waals surface area contributed by atoms with E-state index in [1.807, 2.05) is 0 Å². The largest absolute Gasteiger partial charge is 0.481 e. The van der Waals surface area contributed by atoms with Crippen molar-refractivity contribution < 1.29 is 9.90 Å². The van der Waals surface area contributed by atoms with Gasteiger partial charge < -0.3 is 5.11 Å². The average molecular weight is 256 g/mol. The van der Waals surface area contributed by atoms with Crippen molar-refractivity contribution in [2.24, 2.45) is 11.8 Å². The smallest absolute Gasteiger partial charge is 0.313 e. The van der Waals surface area contributed by atoms with Crippen LogP contribution in [0.2, 0.25) is 0 Å². The molecule has 1 heterocycles. The van der Waals surface area contributed by atoms with Crippen molar-refractivity contribution in [2.75, 3.05) is 5.75 Å². The Balaban J connectivity index is 2.11. The number of tetrazole rings is 1. The minimum atomic E-state index is -0.850. The zero-order chi connectivity index (χ0) is 12.4. The molecular weight excluding hydrogens is 240 g/mol. The maximum absolute atomic E-state index is 10.5. The predicted molar refractivity (Wildman–Crippen MR) is 62.8 cm³/mol. The summed E-state index contributed by atoms with van der Waals surface area (Å²) in [7, 11) is 0. The van der Waals surface area contributed by atoms with E-state index in [0.717, 1.165) is 6.42 Å². The average Bonchev–Trinajstić information content (AvgIpc) is 2.85. The Morgan fingerprint density at radius 2 is 2.29 bits per heavy atom. The number of carboxylic acids is 1. The standard InChI is InChI=1S/C10H16N4O2S/c1-6-3-4-8(7(6)2)14-10(11-12-13-14)17-5-9(15)16/h6-8H,3-5H2,1-2H3,(H,15,16). The van der Waals surface area contributed by atoms with Gasteiger partial charge in [-0.25, -0.2) is 4.68 Å². The van der Waals surface area contributed by atoms with Crippen LogP contribution >= 0.6 is 11.8 Å². The first-order chi connectivity index (χ1) is 8.09. The van der Waals surface area contributed by atoms with Gasteiger partial charge in [0.25, 0.3) is 0 Å². The summed E-state index contributed by atoms with van der Waals surface area (Å²) in [4.78, 5) is 10.5. The first kappa shape index (κ1) is 12.3. The highest BCUT2D eigenvalue weighted by Crippen LogP contribution is 2.40. The van der Waals surface area contributed by atoms with Crippen molar-refractivity contribution in [3.63, 3.8) is 0 Å². The zero-order valence-corrected chi connectivity index (χ0v) is 10.7. The lowest BCUT2D eigenvalue weighted by molar-refractivity contribution is -0.133. The quantitative estimate of drug-likeness (QED) is 0.821. The van der Waals surface area contributed by atoms with E-state index in [1.54, 1.807) is 4.68 Å². The van der Waals surface area contributed by atoms with Gasteiger partial charge in [0, 0.05) is 0 Å². The van der Waals surface area contributed by atoms with Gasteiger partial charge in [0.15, 0.2) is 0 Å². The molecule has 1 aliphatic rings. The third kappa shape index (κ3) is 2.59. The molecule has 0 amide bonds. The van der Waals surface area contributed by atoms with Crippen molar-refractivity contribution in [3.8, 4) is 0 Å². The van der Waals surface area contributed by atoms with Crippen LogP contribution in [0.3, 0.4) is 0 Å². The fraction of sp³-hybridized carbons (Fsp3) is 0.800. The number of carboxylic acid groups (broad SMARTS) is 1. The van der Waals surface area contributed by atoms with Crippen LogP contribution in [0.5, 0.6) is 0 Å². The van der Waals surface area contributed by atoms with Gasteiger partial charge >= 0.3 is 5.97 Å².